The Balaban J connectivity index is 1.88. The zero-order valence-electron chi connectivity index (χ0n) is 22.4. The van der Waals surface area contributed by atoms with Gasteiger partial charge in [-0.1, -0.05) is 64.1 Å². The summed E-state index contributed by atoms with van der Waals surface area (Å²) in [6, 6.07) is 24.2. The number of aromatic nitrogens is 3. The van der Waals surface area contributed by atoms with Crippen molar-refractivity contribution < 1.29 is 12.9 Å². The number of rotatable bonds is 7. The first kappa shape index (κ1) is 27.1. The molecule has 5 aromatic rings. The summed E-state index contributed by atoms with van der Waals surface area (Å²) < 4.78 is 38.4. The normalized spacial score (nSPS) is 13.9. The summed E-state index contributed by atoms with van der Waals surface area (Å²) in [5.41, 5.74) is 3.14. The van der Waals surface area contributed by atoms with E-state index in [0.29, 0.717) is 18.0 Å². The third kappa shape index (κ3) is 5.10. The number of aryl methyl sites for hydroxylation is 1. The van der Waals surface area contributed by atoms with Crippen molar-refractivity contribution in [1.82, 2.24) is 14.8 Å². The molecule has 0 amide bonds. The van der Waals surface area contributed by atoms with Gasteiger partial charge in [0, 0.05) is 28.7 Å². The van der Waals surface area contributed by atoms with Gasteiger partial charge in [0.1, 0.15) is 11.0 Å². The lowest BCUT2D eigenvalue weighted by Gasteiger charge is -2.37. The molecule has 8 nitrogen and oxygen atoms in total. The Labute approximate surface area is 229 Å². The van der Waals surface area contributed by atoms with Gasteiger partial charge in [-0.25, -0.2) is 18.3 Å². The van der Waals surface area contributed by atoms with E-state index in [1.165, 1.54) is 12.1 Å². The minimum absolute atomic E-state index is 0.0294. The second-order valence-corrected chi connectivity index (χ2v) is 15.2. The van der Waals surface area contributed by atoms with Crippen molar-refractivity contribution in [2.45, 2.75) is 50.7 Å². The molecular weight excluding hydrogens is 529 g/mol. The molecule has 0 spiro atoms. The summed E-state index contributed by atoms with van der Waals surface area (Å²) in [5.74, 6) is 0.634. The predicted molar refractivity (Wildman–Crippen MR) is 159 cm³/mol. The molecule has 0 aliphatic rings. The van der Waals surface area contributed by atoms with E-state index in [-0.39, 0.29) is 4.90 Å². The summed E-state index contributed by atoms with van der Waals surface area (Å²) in [7, 11) is -6.83. The molecule has 0 aliphatic heterocycles. The van der Waals surface area contributed by atoms with Crippen molar-refractivity contribution in [3.05, 3.63) is 85.1 Å². The largest absolute Gasteiger partial charge is 0.451 e. The zero-order chi connectivity index (χ0) is 27.8. The second-order valence-electron chi connectivity index (χ2n) is 10.4. The molecule has 0 aliphatic carbocycles. The van der Waals surface area contributed by atoms with E-state index >= 15 is 0 Å². The highest BCUT2D eigenvalue weighted by molar-refractivity contribution is 7.89. The number of para-hydroxylation sites is 1. The van der Waals surface area contributed by atoms with Crippen molar-refractivity contribution in [2.24, 2.45) is 9.88 Å². The highest BCUT2D eigenvalue weighted by atomic mass is 32.2. The van der Waals surface area contributed by atoms with Crippen LogP contribution in [0.3, 0.4) is 0 Å². The smallest absolute Gasteiger partial charge is 0.238 e. The molecule has 2 aromatic heterocycles. The van der Waals surface area contributed by atoms with Crippen LogP contribution in [0, 0.1) is 0 Å². The third-order valence-electron chi connectivity index (χ3n) is 6.50. The standard InChI is InChI=1S/C29H32N5O3PS/c1-5-20-34-28(24-12-6-7-13-25(24)32-34)38(29(2,3)4,33-22-15-17-23(18-16-22)39(30,35)36)37-26-14-8-10-21-11-9-19-31-27(21)26/h6-19H,5,20H2,1-4H3,(H2,30,35,36)/t38-/m0/s1. The minimum Gasteiger partial charge on any atom is -0.451 e. The molecule has 2 heterocycles. The Morgan fingerprint density at radius 3 is 2.38 bits per heavy atom. The van der Waals surface area contributed by atoms with Crippen LogP contribution in [0.25, 0.3) is 21.8 Å². The SMILES string of the molecule is CCCn1nc2ccccc2c1[P@](=Nc1ccc(S(N)(=O)=O)cc1)(Oc1cccc2cccnc12)C(C)(C)C. The predicted octanol–water partition coefficient (Wildman–Crippen LogP) is 6.59. The summed E-state index contributed by atoms with van der Waals surface area (Å²) in [4.78, 5) is 4.67. The monoisotopic (exact) mass is 561 g/mol. The van der Waals surface area contributed by atoms with Crippen LogP contribution in [0.5, 0.6) is 5.75 Å². The van der Waals surface area contributed by atoms with Crippen LogP contribution >= 0.6 is 7.28 Å². The fourth-order valence-corrected chi connectivity index (χ4v) is 8.44. The first-order chi connectivity index (χ1) is 18.5. The number of nitrogens with zero attached hydrogens (tertiary/aromatic N) is 4. The van der Waals surface area contributed by atoms with Gasteiger partial charge in [0.2, 0.25) is 10.0 Å². The number of hydrogen-bond donors (Lipinski definition) is 1. The molecule has 0 radical (unpaired) electrons. The topological polar surface area (TPSA) is 112 Å². The fraction of sp³-hybridized carbons (Fsp3) is 0.241. The lowest BCUT2D eigenvalue weighted by atomic mass is 10.2. The summed E-state index contributed by atoms with van der Waals surface area (Å²) in [6.45, 7) is 9.18. The molecular formula is C29H32N5O3PS. The summed E-state index contributed by atoms with van der Waals surface area (Å²) in [6.07, 6.45) is 2.64. The average molecular weight is 562 g/mol. The molecule has 0 bridgehead atoms. The van der Waals surface area contributed by atoms with Gasteiger partial charge in [0.25, 0.3) is 0 Å². The van der Waals surface area contributed by atoms with E-state index in [1.54, 1.807) is 18.3 Å². The number of hydrogen-bond acceptors (Lipinski definition) is 6. The Kier molecular flexibility index (Phi) is 7.10. The number of primary sulfonamides is 1. The first-order valence-electron chi connectivity index (χ1n) is 12.8. The van der Waals surface area contributed by atoms with E-state index in [1.807, 2.05) is 53.2 Å². The second kappa shape index (κ2) is 10.2. The molecule has 0 saturated heterocycles. The van der Waals surface area contributed by atoms with Gasteiger partial charge in [0.15, 0.2) is 13.0 Å². The van der Waals surface area contributed by atoms with Gasteiger partial charge in [-0.3, -0.25) is 9.67 Å². The zero-order valence-corrected chi connectivity index (χ0v) is 24.2. The van der Waals surface area contributed by atoms with Gasteiger partial charge < -0.3 is 4.52 Å². The molecule has 10 heteroatoms. The van der Waals surface area contributed by atoms with E-state index in [2.05, 4.69) is 38.7 Å². The van der Waals surface area contributed by atoms with Gasteiger partial charge in [-0.2, -0.15) is 5.10 Å². The number of benzene rings is 3. The maximum absolute atomic E-state index is 11.9. The maximum Gasteiger partial charge on any atom is 0.238 e. The van der Waals surface area contributed by atoms with Gasteiger partial charge >= 0.3 is 0 Å². The van der Waals surface area contributed by atoms with Crippen molar-refractivity contribution in [2.75, 3.05) is 0 Å². The first-order valence-corrected chi connectivity index (χ1v) is 16.0. The van der Waals surface area contributed by atoms with Crippen molar-refractivity contribution in [1.29, 1.82) is 0 Å². The molecule has 5 rings (SSSR count). The molecule has 202 valence electrons. The number of fused-ring (bicyclic) bond motifs is 2. The van der Waals surface area contributed by atoms with Crippen LogP contribution < -0.4 is 15.1 Å². The van der Waals surface area contributed by atoms with E-state index in [0.717, 1.165) is 33.7 Å². The van der Waals surface area contributed by atoms with E-state index in [9.17, 15) is 8.42 Å². The average Bonchev–Trinajstić information content (AvgIpc) is 3.26. The summed E-state index contributed by atoms with van der Waals surface area (Å²) >= 11 is 0. The van der Waals surface area contributed by atoms with E-state index < -0.39 is 22.5 Å². The van der Waals surface area contributed by atoms with Gasteiger partial charge in [0.05, 0.1) is 16.1 Å². The van der Waals surface area contributed by atoms with Crippen LogP contribution in [-0.2, 0) is 16.6 Å². The molecule has 1 atom stereocenters. The van der Waals surface area contributed by atoms with Crippen LogP contribution in [0.2, 0.25) is 0 Å². The lowest BCUT2D eigenvalue weighted by molar-refractivity contribution is 0.562. The third-order valence-corrected chi connectivity index (χ3v) is 11.3. The van der Waals surface area contributed by atoms with Crippen molar-refractivity contribution in [3.8, 4) is 5.75 Å². The Morgan fingerprint density at radius 2 is 1.69 bits per heavy atom. The van der Waals surface area contributed by atoms with E-state index in [4.69, 9.17) is 19.5 Å². The van der Waals surface area contributed by atoms with Crippen LogP contribution in [0.1, 0.15) is 34.1 Å². The van der Waals surface area contributed by atoms with Crippen molar-refractivity contribution >= 4 is 50.2 Å². The minimum atomic E-state index is -3.84. The Morgan fingerprint density at radius 1 is 0.974 bits per heavy atom. The maximum atomic E-state index is 11.9. The van der Waals surface area contributed by atoms with Gasteiger partial charge in [-0.05, 0) is 48.9 Å². The van der Waals surface area contributed by atoms with Gasteiger partial charge in [-0.15, -0.1) is 0 Å². The number of sulfonamides is 1. The van der Waals surface area contributed by atoms with Crippen molar-refractivity contribution in [3.63, 3.8) is 0 Å². The van der Waals surface area contributed by atoms with Crippen LogP contribution in [0.4, 0.5) is 5.69 Å². The molecule has 0 fully saturated rings. The molecule has 0 unspecified atom stereocenters. The fourth-order valence-electron chi connectivity index (χ4n) is 4.63. The van der Waals surface area contributed by atoms with Crippen LogP contribution in [0.15, 0.2) is 94.7 Å². The molecule has 3 aromatic carbocycles. The highest BCUT2D eigenvalue weighted by Crippen LogP contribution is 2.63. The quantitative estimate of drug-likeness (QED) is 0.225. The van der Waals surface area contributed by atoms with Crippen LogP contribution in [-0.4, -0.2) is 28.3 Å². The Bertz CT molecular complexity index is 1820. The Hall–Kier alpha value is -3.52. The molecule has 39 heavy (non-hydrogen) atoms. The summed E-state index contributed by atoms with van der Waals surface area (Å²) in [5, 5.41) is 11.8. The lowest BCUT2D eigenvalue weighted by Crippen LogP contribution is -2.32. The highest BCUT2D eigenvalue weighted by Gasteiger charge is 2.43. The molecule has 0 saturated carbocycles. The number of pyridine rings is 1. The number of nitrogens with two attached hydrogens (primary N) is 1. The molecule has 2 N–H and O–H groups in total.